The maximum atomic E-state index is 13.9. The van der Waals surface area contributed by atoms with Crippen LogP contribution in [0, 0.1) is 11.6 Å². The van der Waals surface area contributed by atoms with Gasteiger partial charge in [0.2, 0.25) is 0 Å². The molecule has 0 spiro atoms. The molecule has 2 N–H and O–H groups in total. The molecule has 0 unspecified atom stereocenters. The number of benzene rings is 1. The first-order valence-corrected chi connectivity index (χ1v) is 6.38. The van der Waals surface area contributed by atoms with Crippen LogP contribution in [0.3, 0.4) is 0 Å². The molecule has 2 rings (SSSR count). The minimum absolute atomic E-state index is 0.134. The first-order chi connectivity index (χ1) is 9.45. The molecule has 0 saturated carbocycles. The van der Waals surface area contributed by atoms with Crippen LogP contribution in [0.15, 0.2) is 30.9 Å². The third-order valence-electron chi connectivity index (χ3n) is 3.05. The van der Waals surface area contributed by atoms with Crippen molar-refractivity contribution in [2.45, 2.75) is 26.3 Å². The van der Waals surface area contributed by atoms with Crippen molar-refractivity contribution in [2.24, 2.45) is 0 Å². The van der Waals surface area contributed by atoms with E-state index in [2.05, 4.69) is 11.6 Å². The second kappa shape index (κ2) is 5.45. The van der Waals surface area contributed by atoms with Gasteiger partial charge in [-0.25, -0.2) is 13.8 Å². The Morgan fingerprint density at radius 2 is 2.10 bits per heavy atom. The number of anilines is 1. The van der Waals surface area contributed by atoms with Crippen LogP contribution >= 0.6 is 0 Å². The van der Waals surface area contributed by atoms with E-state index < -0.39 is 11.6 Å². The van der Waals surface area contributed by atoms with Crippen LogP contribution in [0.5, 0.6) is 0 Å². The van der Waals surface area contributed by atoms with Gasteiger partial charge in [-0.3, -0.25) is 0 Å². The van der Waals surface area contributed by atoms with Gasteiger partial charge >= 0.3 is 0 Å². The van der Waals surface area contributed by atoms with Gasteiger partial charge in [0, 0.05) is 24.1 Å². The van der Waals surface area contributed by atoms with Crippen LogP contribution in [0.4, 0.5) is 14.6 Å². The summed E-state index contributed by atoms with van der Waals surface area (Å²) in [5, 5.41) is 0. The number of hydrogen-bond donors (Lipinski definition) is 1. The van der Waals surface area contributed by atoms with Crippen molar-refractivity contribution < 1.29 is 8.78 Å². The van der Waals surface area contributed by atoms with Gasteiger partial charge in [-0.2, -0.15) is 0 Å². The van der Waals surface area contributed by atoms with Crippen LogP contribution in [-0.4, -0.2) is 9.55 Å². The predicted molar refractivity (Wildman–Crippen MR) is 76.3 cm³/mol. The molecule has 0 amide bonds. The molecule has 0 bridgehead atoms. The molecule has 5 heteroatoms. The molecule has 1 aromatic heterocycles. The highest BCUT2D eigenvalue weighted by Gasteiger charge is 2.20. The molecular weight excluding hydrogens is 260 g/mol. The standard InChI is InChI=1S/C15H17F2N3/c1-4-7-20-14(18)13(19-15(20)9(2)3)11-6-5-10(16)8-12(11)17/h4-6,8-9H,1,7,18H2,2-3H3. The minimum Gasteiger partial charge on any atom is -0.383 e. The number of imidazole rings is 1. The topological polar surface area (TPSA) is 43.8 Å². The van der Waals surface area contributed by atoms with Crippen molar-refractivity contribution >= 4 is 5.82 Å². The average molecular weight is 277 g/mol. The second-order valence-electron chi connectivity index (χ2n) is 4.88. The monoisotopic (exact) mass is 277 g/mol. The zero-order valence-electron chi connectivity index (χ0n) is 11.5. The maximum absolute atomic E-state index is 13.9. The van der Waals surface area contributed by atoms with E-state index in [9.17, 15) is 8.78 Å². The Labute approximate surface area is 116 Å². The lowest BCUT2D eigenvalue weighted by molar-refractivity contribution is 0.585. The average Bonchev–Trinajstić information content (AvgIpc) is 2.68. The number of halogens is 2. The zero-order valence-corrected chi connectivity index (χ0v) is 11.5. The summed E-state index contributed by atoms with van der Waals surface area (Å²) in [5.74, 6) is -0.0515. The summed E-state index contributed by atoms with van der Waals surface area (Å²) in [6.07, 6.45) is 1.70. The van der Waals surface area contributed by atoms with Gasteiger partial charge in [0.05, 0.1) is 0 Å². The second-order valence-corrected chi connectivity index (χ2v) is 4.88. The Hall–Kier alpha value is -2.17. The van der Waals surface area contributed by atoms with E-state index in [-0.39, 0.29) is 11.5 Å². The molecule has 0 aliphatic carbocycles. The largest absolute Gasteiger partial charge is 0.383 e. The Kier molecular flexibility index (Phi) is 3.88. The Morgan fingerprint density at radius 1 is 1.40 bits per heavy atom. The third-order valence-corrected chi connectivity index (χ3v) is 3.05. The third kappa shape index (κ3) is 2.43. The van der Waals surface area contributed by atoms with E-state index in [0.29, 0.717) is 18.1 Å². The van der Waals surface area contributed by atoms with Crippen molar-refractivity contribution in [1.29, 1.82) is 0 Å². The highest BCUT2D eigenvalue weighted by atomic mass is 19.1. The smallest absolute Gasteiger partial charge is 0.135 e. The first-order valence-electron chi connectivity index (χ1n) is 6.38. The quantitative estimate of drug-likeness (QED) is 0.866. The molecule has 0 aliphatic heterocycles. The van der Waals surface area contributed by atoms with Crippen LogP contribution in [0.2, 0.25) is 0 Å². The van der Waals surface area contributed by atoms with Crippen molar-refractivity contribution in [1.82, 2.24) is 9.55 Å². The fraction of sp³-hybridized carbons (Fsp3) is 0.267. The highest BCUT2D eigenvalue weighted by Crippen LogP contribution is 2.31. The van der Waals surface area contributed by atoms with Crippen LogP contribution in [-0.2, 0) is 6.54 Å². The molecule has 20 heavy (non-hydrogen) atoms. The van der Waals surface area contributed by atoms with Crippen molar-refractivity contribution in [3.05, 3.63) is 48.3 Å². The first kappa shape index (κ1) is 14.2. The summed E-state index contributed by atoms with van der Waals surface area (Å²) in [5.41, 5.74) is 6.60. The molecule has 0 aliphatic rings. The van der Waals surface area contributed by atoms with Gasteiger partial charge < -0.3 is 10.3 Å². The lowest BCUT2D eigenvalue weighted by Gasteiger charge is -2.09. The molecule has 0 radical (unpaired) electrons. The number of aromatic nitrogens is 2. The molecule has 0 saturated heterocycles. The van der Waals surface area contributed by atoms with Gasteiger partial charge in [0.1, 0.15) is 29.0 Å². The lowest BCUT2D eigenvalue weighted by atomic mass is 10.1. The summed E-state index contributed by atoms with van der Waals surface area (Å²) in [4.78, 5) is 4.42. The lowest BCUT2D eigenvalue weighted by Crippen LogP contribution is -2.07. The van der Waals surface area contributed by atoms with E-state index in [4.69, 9.17) is 5.73 Å². The molecule has 1 aromatic carbocycles. The van der Waals surface area contributed by atoms with Crippen LogP contribution in [0.1, 0.15) is 25.6 Å². The van der Waals surface area contributed by atoms with E-state index in [1.807, 2.05) is 13.8 Å². The van der Waals surface area contributed by atoms with E-state index in [1.54, 1.807) is 10.6 Å². The van der Waals surface area contributed by atoms with Crippen molar-refractivity contribution in [2.75, 3.05) is 5.73 Å². The minimum atomic E-state index is -0.671. The Balaban J connectivity index is 2.62. The van der Waals surface area contributed by atoms with Gasteiger partial charge in [0.25, 0.3) is 0 Å². The number of rotatable bonds is 4. The molecule has 0 fully saturated rings. The highest BCUT2D eigenvalue weighted by molar-refractivity contribution is 5.71. The fourth-order valence-electron chi connectivity index (χ4n) is 2.12. The summed E-state index contributed by atoms with van der Waals surface area (Å²) in [7, 11) is 0. The SMILES string of the molecule is C=CCn1c(C(C)C)nc(-c2ccc(F)cc2F)c1N. The molecule has 0 atom stereocenters. The Morgan fingerprint density at radius 3 is 2.65 bits per heavy atom. The van der Waals surface area contributed by atoms with Crippen LogP contribution < -0.4 is 5.73 Å². The van der Waals surface area contributed by atoms with Gasteiger partial charge in [-0.15, -0.1) is 6.58 Å². The van der Waals surface area contributed by atoms with E-state index >= 15 is 0 Å². The number of nitrogens with two attached hydrogens (primary N) is 1. The normalized spacial score (nSPS) is 11.1. The van der Waals surface area contributed by atoms with Crippen LogP contribution in [0.25, 0.3) is 11.3 Å². The number of hydrogen-bond acceptors (Lipinski definition) is 2. The number of nitrogens with zero attached hydrogens (tertiary/aromatic N) is 2. The summed E-state index contributed by atoms with van der Waals surface area (Å²) in [6.45, 7) is 8.13. The molecule has 2 aromatic rings. The van der Waals surface area contributed by atoms with Crippen molar-refractivity contribution in [3.8, 4) is 11.3 Å². The van der Waals surface area contributed by atoms with E-state index in [0.717, 1.165) is 11.9 Å². The van der Waals surface area contributed by atoms with Gasteiger partial charge in [-0.1, -0.05) is 19.9 Å². The number of allylic oxidation sites excluding steroid dienone is 1. The zero-order chi connectivity index (χ0) is 14.9. The summed E-state index contributed by atoms with van der Waals surface area (Å²) < 4.78 is 28.7. The summed E-state index contributed by atoms with van der Waals surface area (Å²) >= 11 is 0. The predicted octanol–water partition coefficient (Wildman–Crippen LogP) is 3.72. The molecule has 106 valence electrons. The molecule has 1 heterocycles. The van der Waals surface area contributed by atoms with E-state index in [1.165, 1.54) is 12.1 Å². The van der Waals surface area contributed by atoms with Gasteiger partial charge in [0.15, 0.2) is 0 Å². The maximum Gasteiger partial charge on any atom is 0.135 e. The summed E-state index contributed by atoms with van der Waals surface area (Å²) in [6, 6.07) is 3.38. The fourth-order valence-corrected chi connectivity index (χ4v) is 2.12. The molecular formula is C15H17F2N3. The van der Waals surface area contributed by atoms with Gasteiger partial charge in [-0.05, 0) is 12.1 Å². The molecule has 3 nitrogen and oxygen atoms in total. The van der Waals surface area contributed by atoms with Crippen molar-refractivity contribution in [3.63, 3.8) is 0 Å². The Bertz CT molecular complexity index is 645. The number of nitrogen functional groups attached to an aromatic ring is 1.